The molecule has 2 atom stereocenters. The van der Waals surface area contributed by atoms with E-state index in [4.69, 9.17) is 4.74 Å². The highest BCUT2D eigenvalue weighted by Crippen LogP contribution is 2.53. The number of hydrogen-bond acceptors (Lipinski definition) is 5. The number of fused-ring (bicyclic) bond motifs is 1. The van der Waals surface area contributed by atoms with Gasteiger partial charge in [-0.3, -0.25) is 0 Å². The molecule has 5 nitrogen and oxygen atoms in total. The molecule has 5 fully saturated rings. The molecule has 4 saturated carbocycles. The van der Waals surface area contributed by atoms with Gasteiger partial charge in [0.2, 0.25) is 5.95 Å². The standard InChI is InChI=1S/C23H33F3N4O.ClH/c24-23(25,26)20-19(13-27-12-15-2-5-31-6-3-15)14-28-21(29-20)30-22-4-1-16-7-17(10-22)9-18(8-16)11-22;/h14-18,27H,1-13H2,(H,28,29,30);1H. The van der Waals surface area contributed by atoms with E-state index < -0.39 is 11.9 Å². The summed E-state index contributed by atoms with van der Waals surface area (Å²) in [7, 11) is 0. The van der Waals surface area contributed by atoms with Crippen LogP contribution in [0.5, 0.6) is 0 Å². The van der Waals surface area contributed by atoms with Crippen LogP contribution in [-0.2, 0) is 17.5 Å². The molecule has 1 saturated heterocycles. The zero-order valence-electron chi connectivity index (χ0n) is 18.4. The Hall–Kier alpha value is -1.12. The number of ether oxygens (including phenoxy) is 1. The van der Waals surface area contributed by atoms with Crippen molar-refractivity contribution < 1.29 is 17.9 Å². The molecular formula is C23H34ClF3N4O. The molecule has 6 rings (SSSR count). The van der Waals surface area contributed by atoms with Crippen LogP contribution in [0.15, 0.2) is 6.20 Å². The second kappa shape index (κ2) is 9.63. The van der Waals surface area contributed by atoms with Crippen LogP contribution in [0, 0.1) is 23.7 Å². The topological polar surface area (TPSA) is 59.1 Å². The van der Waals surface area contributed by atoms with Gasteiger partial charge in [0.05, 0.1) is 0 Å². The highest BCUT2D eigenvalue weighted by Gasteiger charge is 2.48. The molecule has 1 aromatic heterocycles. The third kappa shape index (κ3) is 5.33. The van der Waals surface area contributed by atoms with Gasteiger partial charge in [0.15, 0.2) is 5.69 Å². The van der Waals surface area contributed by atoms with E-state index in [9.17, 15) is 13.2 Å². The first-order chi connectivity index (χ1) is 14.9. The fraction of sp³-hybridized carbons (Fsp3) is 0.826. The van der Waals surface area contributed by atoms with Crippen molar-refractivity contribution in [3.63, 3.8) is 0 Å². The van der Waals surface area contributed by atoms with Crippen molar-refractivity contribution in [3.05, 3.63) is 17.5 Å². The van der Waals surface area contributed by atoms with Crippen LogP contribution in [0.1, 0.15) is 69.0 Å². The molecule has 180 valence electrons. The van der Waals surface area contributed by atoms with Gasteiger partial charge in [0.25, 0.3) is 0 Å². The fourth-order valence-corrected chi connectivity index (χ4v) is 6.75. The molecule has 2 N–H and O–H groups in total. The Balaban J connectivity index is 0.00000245. The Morgan fingerprint density at radius 3 is 2.41 bits per heavy atom. The number of anilines is 1. The minimum absolute atomic E-state index is 0. The summed E-state index contributed by atoms with van der Waals surface area (Å²) in [5.41, 5.74) is -0.830. The van der Waals surface area contributed by atoms with Gasteiger partial charge >= 0.3 is 6.18 Å². The zero-order chi connectivity index (χ0) is 21.5. The summed E-state index contributed by atoms with van der Waals surface area (Å²) in [4.78, 5) is 8.35. The molecule has 9 heteroatoms. The molecule has 0 spiro atoms. The zero-order valence-corrected chi connectivity index (χ0v) is 19.2. The molecule has 2 unspecified atom stereocenters. The van der Waals surface area contributed by atoms with Crippen molar-refractivity contribution in [3.8, 4) is 0 Å². The monoisotopic (exact) mass is 474 g/mol. The molecule has 4 bridgehead atoms. The SMILES string of the molecule is Cl.FC(F)(F)c1nc(NC23CCC4CC(CC(C4)C2)C3)ncc1CNCC1CCOCC1. The summed E-state index contributed by atoms with van der Waals surface area (Å²) < 4.78 is 46.8. The van der Waals surface area contributed by atoms with Crippen LogP contribution in [0.4, 0.5) is 19.1 Å². The lowest BCUT2D eigenvalue weighted by molar-refractivity contribution is -0.141. The maximum absolute atomic E-state index is 13.8. The van der Waals surface area contributed by atoms with Crippen molar-refractivity contribution in [2.45, 2.75) is 76.0 Å². The van der Waals surface area contributed by atoms with Crippen LogP contribution >= 0.6 is 12.4 Å². The van der Waals surface area contributed by atoms with Crippen molar-refractivity contribution in [2.75, 3.05) is 25.1 Å². The quantitative estimate of drug-likeness (QED) is 0.593. The summed E-state index contributed by atoms with van der Waals surface area (Å²) in [6.45, 7) is 2.28. The van der Waals surface area contributed by atoms with Crippen LogP contribution in [0.3, 0.4) is 0 Å². The molecule has 4 aliphatic carbocycles. The molecule has 1 aromatic rings. The first-order valence-electron chi connectivity index (χ1n) is 11.9. The van der Waals surface area contributed by atoms with Gasteiger partial charge in [-0.1, -0.05) is 0 Å². The maximum atomic E-state index is 13.8. The van der Waals surface area contributed by atoms with Gasteiger partial charge in [-0.2, -0.15) is 13.2 Å². The van der Waals surface area contributed by atoms with Crippen molar-refractivity contribution in [1.29, 1.82) is 0 Å². The highest BCUT2D eigenvalue weighted by molar-refractivity contribution is 5.85. The predicted octanol–water partition coefficient (Wildman–Crippen LogP) is 5.20. The molecule has 0 radical (unpaired) electrons. The summed E-state index contributed by atoms with van der Waals surface area (Å²) in [5.74, 6) is 2.78. The number of hydrogen-bond donors (Lipinski definition) is 2. The van der Waals surface area contributed by atoms with Gasteiger partial charge in [0, 0.05) is 37.1 Å². The minimum Gasteiger partial charge on any atom is -0.381 e. The van der Waals surface area contributed by atoms with Gasteiger partial charge in [0.1, 0.15) is 0 Å². The molecular weight excluding hydrogens is 441 g/mol. The Morgan fingerprint density at radius 1 is 1.03 bits per heavy atom. The second-order valence-corrected chi connectivity index (χ2v) is 10.4. The van der Waals surface area contributed by atoms with E-state index in [0.29, 0.717) is 24.3 Å². The van der Waals surface area contributed by atoms with E-state index in [0.717, 1.165) is 51.2 Å². The first kappa shape index (κ1) is 24.0. The van der Waals surface area contributed by atoms with Crippen LogP contribution < -0.4 is 10.6 Å². The number of nitrogens with one attached hydrogen (secondary N) is 2. The van der Waals surface area contributed by atoms with Crippen LogP contribution in [-0.4, -0.2) is 35.3 Å². The third-order valence-corrected chi connectivity index (χ3v) is 7.99. The van der Waals surface area contributed by atoms with E-state index >= 15 is 0 Å². The van der Waals surface area contributed by atoms with E-state index in [1.807, 2.05) is 0 Å². The largest absolute Gasteiger partial charge is 0.433 e. The number of rotatable bonds is 6. The van der Waals surface area contributed by atoms with Gasteiger partial charge in [-0.05, 0) is 88.0 Å². The smallest absolute Gasteiger partial charge is 0.381 e. The molecule has 5 aliphatic rings. The summed E-state index contributed by atoms with van der Waals surface area (Å²) >= 11 is 0. The summed E-state index contributed by atoms with van der Waals surface area (Å²) in [6.07, 6.45) is 6.88. The number of nitrogens with zero attached hydrogens (tertiary/aromatic N) is 2. The summed E-state index contributed by atoms with van der Waals surface area (Å²) in [6, 6.07) is 0. The highest BCUT2D eigenvalue weighted by atomic mass is 35.5. The Labute approximate surface area is 194 Å². The molecule has 2 heterocycles. The number of halogens is 4. The Morgan fingerprint density at radius 2 is 1.72 bits per heavy atom. The first-order valence-corrected chi connectivity index (χ1v) is 11.9. The second-order valence-electron chi connectivity index (χ2n) is 10.4. The molecule has 0 aromatic carbocycles. The normalized spacial score (nSPS) is 32.4. The number of alkyl halides is 3. The van der Waals surface area contributed by atoms with Crippen molar-refractivity contribution in [2.24, 2.45) is 23.7 Å². The van der Waals surface area contributed by atoms with E-state index in [-0.39, 0.29) is 36.0 Å². The minimum atomic E-state index is -4.49. The maximum Gasteiger partial charge on any atom is 0.433 e. The van der Waals surface area contributed by atoms with Crippen molar-refractivity contribution >= 4 is 18.4 Å². The third-order valence-electron chi connectivity index (χ3n) is 7.99. The van der Waals surface area contributed by atoms with Crippen molar-refractivity contribution in [1.82, 2.24) is 15.3 Å². The van der Waals surface area contributed by atoms with E-state index in [1.54, 1.807) is 0 Å². The number of aromatic nitrogens is 2. The molecule has 1 aliphatic heterocycles. The average Bonchev–Trinajstić information content (AvgIpc) is 2.92. The van der Waals surface area contributed by atoms with E-state index in [2.05, 4.69) is 20.6 Å². The predicted molar refractivity (Wildman–Crippen MR) is 119 cm³/mol. The Bertz CT molecular complexity index is 773. The Kier molecular flexibility index (Phi) is 7.23. The lowest BCUT2D eigenvalue weighted by atomic mass is 9.65. The molecule has 0 amide bonds. The van der Waals surface area contributed by atoms with Gasteiger partial charge in [-0.15, -0.1) is 12.4 Å². The van der Waals surface area contributed by atoms with Crippen LogP contribution in [0.2, 0.25) is 0 Å². The average molecular weight is 475 g/mol. The van der Waals surface area contributed by atoms with Gasteiger partial charge < -0.3 is 15.4 Å². The fourth-order valence-electron chi connectivity index (χ4n) is 6.75. The van der Waals surface area contributed by atoms with E-state index in [1.165, 1.54) is 31.9 Å². The lowest BCUT2D eigenvalue weighted by Crippen LogP contribution is -2.45. The molecule has 32 heavy (non-hydrogen) atoms. The van der Waals surface area contributed by atoms with Gasteiger partial charge in [-0.25, -0.2) is 9.97 Å². The lowest BCUT2D eigenvalue weighted by Gasteiger charge is -2.45. The van der Waals surface area contributed by atoms with Crippen LogP contribution in [0.25, 0.3) is 0 Å². The summed E-state index contributed by atoms with van der Waals surface area (Å²) in [5, 5.41) is 6.60.